The maximum Gasteiger partial charge on any atom is 0.306 e. The standard InChI is InChI=1S/C75H124O6/c1-4-7-10-13-16-19-22-25-28-30-32-34-36-37-39-40-42-44-47-50-53-56-59-62-65-68-74(77)80-71-72(70-79-73(76)67-64-61-58-55-52-49-46-27-24-21-18-15-12-9-6-3)81-75(78)69-66-63-60-57-54-51-48-45-43-41-38-35-33-31-29-26-23-20-17-14-11-8-5-2/h7-8,10-11,16-17,19-20,25-26,28-29,32-35,37,39,41-44,72H,4-6,9,12-15,18,21-24,27,30-31,36,38,40,45-71H2,1-3H3/b10-7-,11-8-,19-16-,20-17-,28-25-,29-26-,34-32-,35-33-,39-37-,43-41-,44-42-. The van der Waals surface area contributed by atoms with Crippen LogP contribution in [-0.2, 0) is 28.6 Å². The van der Waals surface area contributed by atoms with E-state index >= 15 is 0 Å². The SMILES string of the molecule is CC/C=C\C/C=C\C/C=C\C/C=C\C/C=C\C/C=C\CCCCCCCCC(=O)OCC(COC(=O)CCCCCCCCCCCCCCCCC)OC(=O)CCCCCCCCC/C=C\C/C=C\C/C=C\C/C=C\C/C=C\CC. The van der Waals surface area contributed by atoms with Gasteiger partial charge in [0, 0.05) is 19.3 Å². The van der Waals surface area contributed by atoms with Crippen molar-refractivity contribution in [2.75, 3.05) is 13.2 Å². The Kier molecular flexibility index (Phi) is 64.3. The topological polar surface area (TPSA) is 78.9 Å². The number of carbonyl (C=O) groups excluding carboxylic acids is 3. The lowest BCUT2D eigenvalue weighted by molar-refractivity contribution is -0.167. The Morgan fingerprint density at radius 3 is 0.753 bits per heavy atom. The minimum Gasteiger partial charge on any atom is -0.462 e. The summed E-state index contributed by atoms with van der Waals surface area (Å²) in [6.45, 7) is 6.42. The molecule has 0 aromatic carbocycles. The van der Waals surface area contributed by atoms with Crippen LogP contribution in [0.1, 0.15) is 303 Å². The van der Waals surface area contributed by atoms with Crippen LogP contribution < -0.4 is 0 Å². The van der Waals surface area contributed by atoms with Crippen molar-refractivity contribution in [3.63, 3.8) is 0 Å². The molecule has 6 heteroatoms. The van der Waals surface area contributed by atoms with Gasteiger partial charge in [0.2, 0.25) is 0 Å². The molecule has 0 heterocycles. The number of rotatable bonds is 60. The molecule has 0 bridgehead atoms. The van der Waals surface area contributed by atoms with Gasteiger partial charge in [-0.3, -0.25) is 14.4 Å². The highest BCUT2D eigenvalue weighted by Gasteiger charge is 2.19. The molecule has 0 N–H and O–H groups in total. The number of carbonyl (C=O) groups is 3. The molecule has 1 unspecified atom stereocenters. The smallest absolute Gasteiger partial charge is 0.306 e. The average molecular weight is 1120 g/mol. The van der Waals surface area contributed by atoms with Crippen molar-refractivity contribution < 1.29 is 28.6 Å². The van der Waals surface area contributed by atoms with Gasteiger partial charge in [0.05, 0.1) is 0 Å². The predicted octanol–water partition coefficient (Wildman–Crippen LogP) is 23.3. The van der Waals surface area contributed by atoms with Crippen LogP contribution in [0, 0.1) is 0 Å². The van der Waals surface area contributed by atoms with Crippen LogP contribution in [0.25, 0.3) is 0 Å². The summed E-state index contributed by atoms with van der Waals surface area (Å²) < 4.78 is 17.0. The van der Waals surface area contributed by atoms with E-state index in [2.05, 4.69) is 154 Å². The molecule has 0 aromatic heterocycles. The summed E-state index contributed by atoms with van der Waals surface area (Å²) in [6, 6.07) is 0. The number of unbranched alkanes of at least 4 members (excludes halogenated alkanes) is 27. The summed E-state index contributed by atoms with van der Waals surface area (Å²) in [6.07, 6.45) is 95.9. The lowest BCUT2D eigenvalue weighted by Crippen LogP contribution is -2.30. The van der Waals surface area contributed by atoms with Crippen molar-refractivity contribution in [1.82, 2.24) is 0 Å². The van der Waals surface area contributed by atoms with Crippen LogP contribution in [0.15, 0.2) is 134 Å². The molecule has 0 aromatic rings. The highest BCUT2D eigenvalue weighted by atomic mass is 16.6. The van der Waals surface area contributed by atoms with Crippen LogP contribution in [0.3, 0.4) is 0 Å². The number of hydrogen-bond acceptors (Lipinski definition) is 6. The van der Waals surface area contributed by atoms with Crippen LogP contribution in [0.5, 0.6) is 0 Å². The largest absolute Gasteiger partial charge is 0.462 e. The van der Waals surface area contributed by atoms with Crippen LogP contribution in [-0.4, -0.2) is 37.2 Å². The van der Waals surface area contributed by atoms with E-state index in [1.165, 1.54) is 116 Å². The summed E-state index contributed by atoms with van der Waals surface area (Å²) >= 11 is 0. The van der Waals surface area contributed by atoms with Gasteiger partial charge in [-0.15, -0.1) is 0 Å². The second kappa shape index (κ2) is 68.1. The number of esters is 3. The molecule has 6 nitrogen and oxygen atoms in total. The fraction of sp³-hybridized carbons (Fsp3) is 0.667. The molecule has 0 saturated carbocycles. The van der Waals surface area contributed by atoms with Gasteiger partial charge in [-0.25, -0.2) is 0 Å². The molecular weight excluding hydrogens is 997 g/mol. The minimum absolute atomic E-state index is 0.0885. The van der Waals surface area contributed by atoms with E-state index < -0.39 is 6.10 Å². The monoisotopic (exact) mass is 1120 g/mol. The zero-order valence-corrected chi connectivity index (χ0v) is 52.8. The third-order valence-corrected chi connectivity index (χ3v) is 14.2. The Labute approximate surface area is 500 Å². The number of allylic oxidation sites excluding steroid dienone is 22. The van der Waals surface area contributed by atoms with E-state index in [0.29, 0.717) is 19.3 Å². The highest BCUT2D eigenvalue weighted by molar-refractivity contribution is 5.71. The van der Waals surface area contributed by atoms with Crippen LogP contribution in [0.4, 0.5) is 0 Å². The van der Waals surface area contributed by atoms with E-state index in [-0.39, 0.29) is 31.1 Å². The first-order valence-corrected chi connectivity index (χ1v) is 33.7. The van der Waals surface area contributed by atoms with E-state index in [4.69, 9.17) is 14.2 Å². The van der Waals surface area contributed by atoms with Crippen LogP contribution in [0.2, 0.25) is 0 Å². The Morgan fingerprint density at radius 1 is 0.259 bits per heavy atom. The maximum atomic E-state index is 12.9. The van der Waals surface area contributed by atoms with Crippen LogP contribution >= 0.6 is 0 Å². The van der Waals surface area contributed by atoms with E-state index in [0.717, 1.165) is 148 Å². The third kappa shape index (κ3) is 66.2. The fourth-order valence-electron chi connectivity index (χ4n) is 9.18. The van der Waals surface area contributed by atoms with Gasteiger partial charge in [0.1, 0.15) is 13.2 Å². The molecule has 0 rings (SSSR count). The zero-order valence-electron chi connectivity index (χ0n) is 52.8. The first-order valence-electron chi connectivity index (χ1n) is 33.7. The summed E-state index contributed by atoms with van der Waals surface area (Å²) in [7, 11) is 0. The molecule has 0 radical (unpaired) electrons. The molecule has 0 aliphatic heterocycles. The summed E-state index contributed by atoms with van der Waals surface area (Å²) in [5.41, 5.74) is 0. The molecule has 81 heavy (non-hydrogen) atoms. The van der Waals surface area contributed by atoms with Gasteiger partial charge >= 0.3 is 17.9 Å². The van der Waals surface area contributed by atoms with Crippen molar-refractivity contribution in [3.8, 4) is 0 Å². The Morgan fingerprint density at radius 2 is 0.481 bits per heavy atom. The molecular formula is C75H124O6. The summed E-state index contributed by atoms with van der Waals surface area (Å²) in [4.78, 5) is 38.4. The van der Waals surface area contributed by atoms with Crippen molar-refractivity contribution in [1.29, 1.82) is 0 Å². The minimum atomic E-state index is -0.796. The molecule has 0 fully saturated rings. The Balaban J connectivity index is 4.43. The average Bonchev–Trinajstić information content (AvgIpc) is 3.47. The molecule has 1 atom stereocenters. The maximum absolute atomic E-state index is 12.9. The van der Waals surface area contributed by atoms with Crippen molar-refractivity contribution in [2.24, 2.45) is 0 Å². The lowest BCUT2D eigenvalue weighted by atomic mass is 10.0. The first kappa shape index (κ1) is 76.5. The summed E-state index contributed by atoms with van der Waals surface area (Å²) in [5, 5.41) is 0. The highest BCUT2D eigenvalue weighted by Crippen LogP contribution is 2.16. The predicted molar refractivity (Wildman–Crippen MR) is 353 cm³/mol. The van der Waals surface area contributed by atoms with Gasteiger partial charge < -0.3 is 14.2 Å². The quantitative estimate of drug-likeness (QED) is 0.0261. The Hall–Kier alpha value is -4.45. The van der Waals surface area contributed by atoms with E-state index in [1.807, 2.05) is 0 Å². The second-order valence-electron chi connectivity index (χ2n) is 22.0. The molecule has 460 valence electrons. The van der Waals surface area contributed by atoms with Crippen molar-refractivity contribution in [2.45, 2.75) is 309 Å². The van der Waals surface area contributed by atoms with Crippen molar-refractivity contribution >= 4 is 17.9 Å². The van der Waals surface area contributed by atoms with E-state index in [1.54, 1.807) is 0 Å². The molecule has 0 amide bonds. The zero-order chi connectivity index (χ0) is 58.5. The first-order chi connectivity index (χ1) is 40.0. The van der Waals surface area contributed by atoms with Gasteiger partial charge in [0.25, 0.3) is 0 Å². The molecule has 0 saturated heterocycles. The third-order valence-electron chi connectivity index (χ3n) is 14.2. The normalized spacial score (nSPS) is 13.0. The van der Waals surface area contributed by atoms with Gasteiger partial charge in [-0.05, 0) is 116 Å². The van der Waals surface area contributed by atoms with E-state index in [9.17, 15) is 14.4 Å². The molecule has 0 aliphatic rings. The number of ether oxygens (including phenoxy) is 3. The Bertz CT molecular complexity index is 1720. The fourth-order valence-corrected chi connectivity index (χ4v) is 9.18. The summed E-state index contributed by atoms with van der Waals surface area (Å²) in [5.74, 6) is -0.907. The number of hydrogen-bond donors (Lipinski definition) is 0. The van der Waals surface area contributed by atoms with Gasteiger partial charge in [-0.1, -0.05) is 302 Å². The molecule has 0 aliphatic carbocycles. The van der Waals surface area contributed by atoms with Gasteiger partial charge in [-0.2, -0.15) is 0 Å². The lowest BCUT2D eigenvalue weighted by Gasteiger charge is -2.18. The second-order valence-corrected chi connectivity index (χ2v) is 22.0. The van der Waals surface area contributed by atoms with Gasteiger partial charge in [0.15, 0.2) is 6.10 Å². The molecule has 0 spiro atoms. The van der Waals surface area contributed by atoms with Crippen molar-refractivity contribution in [3.05, 3.63) is 134 Å².